The fourth-order valence-electron chi connectivity index (χ4n) is 1.13. The van der Waals surface area contributed by atoms with E-state index in [1.807, 2.05) is 0 Å². The smallest absolute Gasteiger partial charge is 0.321 e. The number of hydrogen-bond donors (Lipinski definition) is 1. The average molecular weight is 325 g/mol. The zero-order chi connectivity index (χ0) is 13.2. The summed E-state index contributed by atoms with van der Waals surface area (Å²) in [5, 5.41) is 7.17. The Balaban J connectivity index is 3.02. The lowest BCUT2D eigenvalue weighted by Crippen LogP contribution is -2.28. The van der Waals surface area contributed by atoms with Gasteiger partial charge in [-0.15, -0.1) is 0 Å². The van der Waals surface area contributed by atoms with Gasteiger partial charge in [-0.2, -0.15) is 0 Å². The van der Waals surface area contributed by atoms with E-state index < -0.39 is 32.6 Å². The Kier molecular flexibility index (Phi) is 4.26. The molecule has 7 heteroatoms. The summed E-state index contributed by atoms with van der Waals surface area (Å²) >= 11 is 3.03. The minimum Gasteiger partial charge on any atom is -0.480 e. The molecule has 0 amide bonds. The molecule has 94 valence electrons. The van der Waals surface area contributed by atoms with Crippen LogP contribution in [0.25, 0.3) is 0 Å². The summed E-state index contributed by atoms with van der Waals surface area (Å²) in [6.45, 7) is 1.11. The lowest BCUT2D eigenvalue weighted by atomic mass is 10.2. The monoisotopic (exact) mass is 324 g/mol. The van der Waals surface area contributed by atoms with E-state index in [0.29, 0.717) is 10.0 Å². The van der Waals surface area contributed by atoms with Gasteiger partial charge < -0.3 is 5.11 Å². The lowest BCUT2D eigenvalue weighted by molar-refractivity contribution is -0.136. The van der Waals surface area contributed by atoms with E-state index >= 15 is 0 Å². The fourth-order valence-corrected chi connectivity index (χ4v) is 3.05. The van der Waals surface area contributed by atoms with Crippen molar-refractivity contribution in [3.63, 3.8) is 0 Å². The SMILES string of the molecule is CC(C(=O)O)S(=O)(=O)Cc1ccc(F)cc1Br. The molecule has 0 saturated carbocycles. The van der Waals surface area contributed by atoms with Crippen molar-refractivity contribution in [3.8, 4) is 0 Å². The van der Waals surface area contributed by atoms with E-state index in [-0.39, 0.29) is 0 Å². The van der Waals surface area contributed by atoms with Crippen LogP contribution < -0.4 is 0 Å². The van der Waals surface area contributed by atoms with Crippen molar-refractivity contribution in [2.45, 2.75) is 17.9 Å². The molecular formula is C10H10BrFO4S. The van der Waals surface area contributed by atoms with Gasteiger partial charge in [-0.25, -0.2) is 12.8 Å². The Morgan fingerprint density at radius 3 is 2.59 bits per heavy atom. The lowest BCUT2D eigenvalue weighted by Gasteiger charge is -2.09. The van der Waals surface area contributed by atoms with Crippen molar-refractivity contribution in [3.05, 3.63) is 34.1 Å². The number of halogens is 2. The molecule has 0 aliphatic heterocycles. The molecule has 0 aliphatic carbocycles. The highest BCUT2D eigenvalue weighted by Crippen LogP contribution is 2.21. The number of rotatable bonds is 4. The molecule has 0 bridgehead atoms. The van der Waals surface area contributed by atoms with Crippen molar-refractivity contribution in [2.75, 3.05) is 0 Å². The van der Waals surface area contributed by atoms with E-state index in [2.05, 4.69) is 15.9 Å². The summed E-state index contributed by atoms with van der Waals surface area (Å²) in [4.78, 5) is 10.6. The first-order valence-corrected chi connectivity index (χ1v) is 7.13. The molecule has 1 unspecified atom stereocenters. The predicted octanol–water partition coefficient (Wildman–Crippen LogP) is 1.98. The van der Waals surface area contributed by atoms with Crippen molar-refractivity contribution in [2.24, 2.45) is 0 Å². The number of sulfone groups is 1. The molecule has 0 fully saturated rings. The highest BCUT2D eigenvalue weighted by Gasteiger charge is 2.28. The molecule has 1 aromatic rings. The molecule has 1 N–H and O–H groups in total. The molecule has 1 atom stereocenters. The van der Waals surface area contributed by atoms with Gasteiger partial charge in [0.15, 0.2) is 15.1 Å². The Hall–Kier alpha value is -0.950. The van der Waals surface area contributed by atoms with Crippen LogP contribution in [0.4, 0.5) is 4.39 Å². The second-order valence-corrected chi connectivity index (χ2v) is 6.70. The van der Waals surface area contributed by atoms with Gasteiger partial charge >= 0.3 is 5.97 Å². The molecule has 0 saturated heterocycles. The average Bonchev–Trinajstić information content (AvgIpc) is 2.21. The van der Waals surface area contributed by atoms with Gasteiger partial charge in [0.1, 0.15) is 5.82 Å². The molecule has 4 nitrogen and oxygen atoms in total. The summed E-state index contributed by atoms with van der Waals surface area (Å²) in [5.41, 5.74) is 0.333. The standard InChI is InChI=1S/C10H10BrFO4S/c1-6(10(13)14)17(15,16)5-7-2-3-8(12)4-9(7)11/h2-4,6H,5H2,1H3,(H,13,14). The third kappa shape index (κ3) is 3.50. The Bertz CT molecular complexity index is 541. The van der Waals surface area contributed by atoms with Crippen molar-refractivity contribution >= 4 is 31.7 Å². The van der Waals surface area contributed by atoms with Crippen LogP contribution in [0.5, 0.6) is 0 Å². The maximum Gasteiger partial charge on any atom is 0.321 e. The van der Waals surface area contributed by atoms with Crippen molar-refractivity contribution < 1.29 is 22.7 Å². The quantitative estimate of drug-likeness (QED) is 0.919. The Morgan fingerprint density at radius 2 is 2.12 bits per heavy atom. The predicted molar refractivity (Wildman–Crippen MR) is 63.8 cm³/mol. The van der Waals surface area contributed by atoms with Crippen LogP contribution in [0.15, 0.2) is 22.7 Å². The van der Waals surface area contributed by atoms with Crippen LogP contribution in [0, 0.1) is 5.82 Å². The minimum atomic E-state index is -3.80. The third-order valence-corrected chi connectivity index (χ3v) is 4.99. The van der Waals surface area contributed by atoms with Crippen LogP contribution >= 0.6 is 15.9 Å². The highest BCUT2D eigenvalue weighted by molar-refractivity contribution is 9.10. The number of carbonyl (C=O) groups is 1. The molecule has 0 radical (unpaired) electrons. The molecule has 0 heterocycles. The topological polar surface area (TPSA) is 71.4 Å². The zero-order valence-corrected chi connectivity index (χ0v) is 11.3. The molecule has 17 heavy (non-hydrogen) atoms. The molecule has 1 rings (SSSR count). The third-order valence-electron chi connectivity index (χ3n) is 2.26. The first-order chi connectivity index (χ1) is 7.74. The summed E-state index contributed by atoms with van der Waals surface area (Å²) in [6, 6.07) is 3.57. The Morgan fingerprint density at radius 1 is 1.53 bits per heavy atom. The molecular weight excluding hydrogens is 315 g/mol. The van der Waals surface area contributed by atoms with Gasteiger partial charge in [-0.1, -0.05) is 22.0 Å². The van der Waals surface area contributed by atoms with E-state index in [1.165, 1.54) is 6.07 Å². The summed E-state index contributed by atoms with van der Waals surface area (Å²) in [5.74, 6) is -2.34. The molecule has 0 aliphatic rings. The van der Waals surface area contributed by atoms with Gasteiger partial charge in [0.25, 0.3) is 0 Å². The zero-order valence-electron chi connectivity index (χ0n) is 8.85. The van der Waals surface area contributed by atoms with Crippen molar-refractivity contribution in [1.29, 1.82) is 0 Å². The van der Waals surface area contributed by atoms with Crippen LogP contribution in [0.2, 0.25) is 0 Å². The van der Waals surface area contributed by atoms with Gasteiger partial charge in [-0.3, -0.25) is 4.79 Å². The summed E-state index contributed by atoms with van der Waals surface area (Å²) in [7, 11) is -3.80. The van der Waals surface area contributed by atoms with Crippen LogP contribution in [0.3, 0.4) is 0 Å². The van der Waals surface area contributed by atoms with Crippen molar-refractivity contribution in [1.82, 2.24) is 0 Å². The van der Waals surface area contributed by atoms with Gasteiger partial charge in [0, 0.05) is 4.47 Å². The number of hydrogen-bond acceptors (Lipinski definition) is 3. The maximum absolute atomic E-state index is 12.8. The normalized spacial score (nSPS) is 13.4. The molecule has 1 aromatic carbocycles. The Labute approximate surface area is 107 Å². The molecule has 0 aromatic heterocycles. The van der Waals surface area contributed by atoms with Gasteiger partial charge in [0.2, 0.25) is 0 Å². The fraction of sp³-hybridized carbons (Fsp3) is 0.300. The van der Waals surface area contributed by atoms with Crippen LogP contribution in [-0.2, 0) is 20.4 Å². The second kappa shape index (κ2) is 5.14. The number of carboxylic acid groups (broad SMARTS) is 1. The highest BCUT2D eigenvalue weighted by atomic mass is 79.9. The van der Waals surface area contributed by atoms with E-state index in [1.54, 1.807) is 0 Å². The number of aliphatic carboxylic acids is 1. The van der Waals surface area contributed by atoms with Crippen LogP contribution in [0.1, 0.15) is 12.5 Å². The number of carboxylic acids is 1. The summed E-state index contributed by atoms with van der Waals surface area (Å²) < 4.78 is 36.5. The van der Waals surface area contributed by atoms with E-state index in [4.69, 9.17) is 5.11 Å². The first kappa shape index (κ1) is 14.1. The second-order valence-electron chi connectivity index (χ2n) is 3.52. The van der Waals surface area contributed by atoms with Gasteiger partial charge in [0.05, 0.1) is 5.75 Å². The van der Waals surface area contributed by atoms with E-state index in [0.717, 1.165) is 19.1 Å². The maximum atomic E-state index is 12.8. The largest absolute Gasteiger partial charge is 0.480 e. The number of benzene rings is 1. The first-order valence-electron chi connectivity index (χ1n) is 4.62. The minimum absolute atomic E-state index is 0.304. The molecule has 0 spiro atoms. The summed E-state index contributed by atoms with van der Waals surface area (Å²) in [6.07, 6.45) is 0. The van der Waals surface area contributed by atoms with E-state index in [9.17, 15) is 17.6 Å². The van der Waals surface area contributed by atoms with Gasteiger partial charge in [-0.05, 0) is 24.6 Å². The van der Waals surface area contributed by atoms with Crippen LogP contribution in [-0.4, -0.2) is 24.7 Å².